The molecule has 120 valence electrons. The summed E-state index contributed by atoms with van der Waals surface area (Å²) < 4.78 is 5.70. The number of ether oxygens (including phenoxy) is 1. The number of carbonyl (C=O) groups is 1. The van der Waals surface area contributed by atoms with E-state index in [0.29, 0.717) is 12.6 Å². The number of benzene rings is 1. The Morgan fingerprint density at radius 1 is 1.33 bits per heavy atom. The minimum absolute atomic E-state index is 0. The van der Waals surface area contributed by atoms with Gasteiger partial charge in [-0.3, -0.25) is 4.79 Å². The summed E-state index contributed by atoms with van der Waals surface area (Å²) >= 11 is 0. The van der Waals surface area contributed by atoms with E-state index in [2.05, 4.69) is 24.4 Å². The van der Waals surface area contributed by atoms with Gasteiger partial charge < -0.3 is 15.2 Å². The maximum absolute atomic E-state index is 10.4. The number of likely N-dealkylation sites (N-methyl/N-ethyl adjacent to an activating group) is 1. The Morgan fingerprint density at radius 3 is 2.76 bits per heavy atom. The normalized spacial score (nSPS) is 11.5. The first-order valence-electron chi connectivity index (χ1n) is 7.22. The Balaban J connectivity index is 0.00000400. The van der Waals surface area contributed by atoms with Crippen molar-refractivity contribution in [2.75, 3.05) is 13.7 Å². The molecular weight excluding hydrogens is 290 g/mol. The molecule has 4 nitrogen and oxygen atoms in total. The summed E-state index contributed by atoms with van der Waals surface area (Å²) in [7, 11) is 1.96. The van der Waals surface area contributed by atoms with E-state index in [0.717, 1.165) is 31.4 Å². The largest absolute Gasteiger partial charge is 0.494 e. The fourth-order valence-corrected chi connectivity index (χ4v) is 1.96. The van der Waals surface area contributed by atoms with Crippen molar-refractivity contribution in [3.05, 3.63) is 29.8 Å². The summed E-state index contributed by atoms with van der Waals surface area (Å²) in [5.74, 6) is 0.168. The lowest BCUT2D eigenvalue weighted by Gasteiger charge is -2.11. The lowest BCUT2D eigenvalue weighted by atomic mass is 10.1. The standard InChI is InChI=1S/C16H25NO3.ClH/c1-13(17-2)11-14-7-6-8-15(12-14)20-10-5-3-4-9-16(18)19;/h6-8,12-13,17H,3-5,9-11H2,1-2H3,(H,18,19);1H/t13-;/m0./s1. The van der Waals surface area contributed by atoms with Crippen LogP contribution in [0.25, 0.3) is 0 Å². The minimum atomic E-state index is -0.725. The van der Waals surface area contributed by atoms with E-state index in [1.54, 1.807) is 0 Å². The molecular formula is C16H26ClNO3. The van der Waals surface area contributed by atoms with Gasteiger partial charge >= 0.3 is 5.97 Å². The highest BCUT2D eigenvalue weighted by Gasteiger charge is 2.02. The van der Waals surface area contributed by atoms with Gasteiger partial charge in [-0.05, 0) is 57.4 Å². The van der Waals surface area contributed by atoms with E-state index >= 15 is 0 Å². The fourth-order valence-electron chi connectivity index (χ4n) is 1.96. The molecule has 0 spiro atoms. The number of hydrogen-bond acceptors (Lipinski definition) is 3. The molecule has 0 saturated carbocycles. The summed E-state index contributed by atoms with van der Waals surface area (Å²) in [6, 6.07) is 8.60. The van der Waals surface area contributed by atoms with Crippen molar-refractivity contribution in [2.45, 2.75) is 45.1 Å². The van der Waals surface area contributed by atoms with Crippen LogP contribution in [0.3, 0.4) is 0 Å². The second-order valence-electron chi connectivity index (χ2n) is 5.09. The van der Waals surface area contributed by atoms with Gasteiger partial charge in [0.1, 0.15) is 5.75 Å². The van der Waals surface area contributed by atoms with Crippen LogP contribution >= 0.6 is 12.4 Å². The van der Waals surface area contributed by atoms with E-state index in [9.17, 15) is 4.79 Å². The third kappa shape index (κ3) is 9.32. The summed E-state index contributed by atoms with van der Waals surface area (Å²) in [6.07, 6.45) is 3.73. The second kappa shape index (κ2) is 11.4. The molecule has 0 heterocycles. The van der Waals surface area contributed by atoms with Crippen molar-refractivity contribution >= 4 is 18.4 Å². The molecule has 1 atom stereocenters. The maximum atomic E-state index is 10.4. The summed E-state index contributed by atoms with van der Waals surface area (Å²) in [5.41, 5.74) is 1.26. The summed E-state index contributed by atoms with van der Waals surface area (Å²) in [4.78, 5) is 10.4. The van der Waals surface area contributed by atoms with Gasteiger partial charge in [0.25, 0.3) is 0 Å². The van der Waals surface area contributed by atoms with Crippen LogP contribution in [0, 0.1) is 0 Å². The smallest absolute Gasteiger partial charge is 0.303 e. The zero-order valence-corrected chi connectivity index (χ0v) is 13.6. The molecule has 0 aliphatic heterocycles. The van der Waals surface area contributed by atoms with Gasteiger partial charge in [-0.25, -0.2) is 0 Å². The third-order valence-corrected chi connectivity index (χ3v) is 3.24. The third-order valence-electron chi connectivity index (χ3n) is 3.24. The molecule has 1 rings (SSSR count). The lowest BCUT2D eigenvalue weighted by Crippen LogP contribution is -2.23. The van der Waals surface area contributed by atoms with Gasteiger partial charge in [0.2, 0.25) is 0 Å². The molecule has 0 unspecified atom stereocenters. The van der Waals surface area contributed by atoms with Gasteiger partial charge in [0.15, 0.2) is 0 Å². The van der Waals surface area contributed by atoms with Gasteiger partial charge in [0, 0.05) is 12.5 Å². The Labute approximate surface area is 133 Å². The average Bonchev–Trinajstić information content (AvgIpc) is 2.42. The molecule has 2 N–H and O–H groups in total. The summed E-state index contributed by atoms with van der Waals surface area (Å²) in [5, 5.41) is 11.8. The molecule has 5 heteroatoms. The van der Waals surface area contributed by atoms with Crippen LogP contribution in [0.5, 0.6) is 5.75 Å². The molecule has 0 fully saturated rings. The van der Waals surface area contributed by atoms with Crippen LogP contribution in [0.15, 0.2) is 24.3 Å². The number of halogens is 1. The zero-order chi connectivity index (χ0) is 14.8. The Bertz CT molecular complexity index is 412. The first kappa shape index (κ1) is 19.7. The fraction of sp³-hybridized carbons (Fsp3) is 0.562. The number of unbranched alkanes of at least 4 members (excludes halogenated alkanes) is 2. The topological polar surface area (TPSA) is 58.6 Å². The highest BCUT2D eigenvalue weighted by atomic mass is 35.5. The number of rotatable bonds is 10. The first-order valence-corrected chi connectivity index (χ1v) is 7.22. The number of carboxylic acid groups (broad SMARTS) is 1. The first-order chi connectivity index (χ1) is 9.61. The minimum Gasteiger partial charge on any atom is -0.494 e. The van der Waals surface area contributed by atoms with Crippen molar-refractivity contribution in [3.8, 4) is 5.75 Å². The van der Waals surface area contributed by atoms with Gasteiger partial charge in [-0.15, -0.1) is 12.4 Å². The number of aliphatic carboxylic acids is 1. The Hall–Kier alpha value is -1.26. The molecule has 21 heavy (non-hydrogen) atoms. The van der Waals surface area contributed by atoms with E-state index in [4.69, 9.17) is 9.84 Å². The van der Waals surface area contributed by atoms with Crippen molar-refractivity contribution in [3.63, 3.8) is 0 Å². The van der Waals surface area contributed by atoms with E-state index in [1.807, 2.05) is 19.2 Å². The van der Waals surface area contributed by atoms with Crippen LogP contribution in [-0.4, -0.2) is 30.8 Å². The van der Waals surface area contributed by atoms with Gasteiger partial charge in [0.05, 0.1) is 6.61 Å². The van der Waals surface area contributed by atoms with Gasteiger partial charge in [-0.2, -0.15) is 0 Å². The molecule has 0 amide bonds. The van der Waals surface area contributed by atoms with E-state index < -0.39 is 5.97 Å². The molecule has 0 saturated heterocycles. The van der Waals surface area contributed by atoms with Gasteiger partial charge in [-0.1, -0.05) is 12.1 Å². The van der Waals surface area contributed by atoms with Crippen LogP contribution in [-0.2, 0) is 11.2 Å². The maximum Gasteiger partial charge on any atom is 0.303 e. The molecule has 1 aromatic rings. The van der Waals surface area contributed by atoms with Crippen molar-refractivity contribution in [1.29, 1.82) is 0 Å². The number of carboxylic acids is 1. The van der Waals surface area contributed by atoms with Crippen LogP contribution < -0.4 is 10.1 Å². The van der Waals surface area contributed by atoms with Crippen LogP contribution in [0.4, 0.5) is 0 Å². The SMILES string of the molecule is CN[C@@H](C)Cc1cccc(OCCCCCC(=O)O)c1.Cl. The Morgan fingerprint density at radius 2 is 2.10 bits per heavy atom. The van der Waals surface area contributed by atoms with Crippen molar-refractivity contribution < 1.29 is 14.6 Å². The van der Waals surface area contributed by atoms with Crippen LogP contribution in [0.2, 0.25) is 0 Å². The van der Waals surface area contributed by atoms with Crippen molar-refractivity contribution in [2.24, 2.45) is 0 Å². The monoisotopic (exact) mass is 315 g/mol. The molecule has 0 aromatic heterocycles. The predicted octanol–water partition coefficient (Wildman–Crippen LogP) is 3.28. The number of hydrogen-bond donors (Lipinski definition) is 2. The molecule has 0 radical (unpaired) electrons. The molecule has 0 aliphatic rings. The predicted molar refractivity (Wildman–Crippen MR) is 87.5 cm³/mol. The van der Waals surface area contributed by atoms with E-state index in [1.165, 1.54) is 5.56 Å². The summed E-state index contributed by atoms with van der Waals surface area (Å²) in [6.45, 7) is 2.79. The second-order valence-corrected chi connectivity index (χ2v) is 5.09. The molecule has 0 aliphatic carbocycles. The highest BCUT2D eigenvalue weighted by Crippen LogP contribution is 2.15. The average molecular weight is 316 g/mol. The zero-order valence-electron chi connectivity index (χ0n) is 12.8. The lowest BCUT2D eigenvalue weighted by molar-refractivity contribution is -0.137. The quantitative estimate of drug-likeness (QED) is 0.651. The molecule has 0 bridgehead atoms. The molecule has 1 aromatic carbocycles. The van der Waals surface area contributed by atoms with Crippen molar-refractivity contribution in [1.82, 2.24) is 5.32 Å². The Kier molecular flexibility index (Phi) is 10.7. The highest BCUT2D eigenvalue weighted by molar-refractivity contribution is 5.85. The van der Waals surface area contributed by atoms with E-state index in [-0.39, 0.29) is 18.8 Å². The number of nitrogens with one attached hydrogen (secondary N) is 1. The van der Waals surface area contributed by atoms with Crippen LogP contribution in [0.1, 0.15) is 38.2 Å².